The normalized spacial score (nSPS) is 15.0. The zero-order valence-corrected chi connectivity index (χ0v) is 12.4. The van der Waals surface area contributed by atoms with E-state index in [9.17, 15) is 4.79 Å². The molecule has 3 heterocycles. The molecule has 1 aliphatic heterocycles. The molecule has 8 heteroatoms. The highest BCUT2D eigenvalue weighted by molar-refractivity contribution is 5.92. The minimum Gasteiger partial charge on any atom is -0.354 e. The molecule has 1 amide bonds. The highest BCUT2D eigenvalue weighted by atomic mass is 16.1. The molecule has 1 aliphatic rings. The number of aromatic nitrogens is 4. The van der Waals surface area contributed by atoms with Gasteiger partial charge in [0.25, 0.3) is 5.91 Å². The molecular formula is C15H15N7O. The summed E-state index contributed by atoms with van der Waals surface area (Å²) in [5.74, 6) is 0.391. The fraction of sp³-hybridized carbons (Fsp3) is 0.333. The summed E-state index contributed by atoms with van der Waals surface area (Å²) in [4.78, 5) is 30.3. The second-order valence-electron chi connectivity index (χ2n) is 5.17. The standard InChI is InChI=1S/C15H15N7O/c16-9-12-14(20-6-5-18-12)22-7-1-11(2-8-22)21-15(23)13-10-17-3-4-19-13/h3-6,10-11H,1-2,7-8H2,(H,21,23). The van der Waals surface area contributed by atoms with E-state index in [1.54, 1.807) is 6.20 Å². The predicted molar refractivity (Wildman–Crippen MR) is 81.5 cm³/mol. The summed E-state index contributed by atoms with van der Waals surface area (Å²) in [6.07, 6.45) is 9.11. The van der Waals surface area contributed by atoms with Gasteiger partial charge < -0.3 is 10.2 Å². The second-order valence-corrected chi connectivity index (χ2v) is 5.17. The van der Waals surface area contributed by atoms with Crippen LogP contribution in [0.3, 0.4) is 0 Å². The monoisotopic (exact) mass is 309 g/mol. The summed E-state index contributed by atoms with van der Waals surface area (Å²) < 4.78 is 0. The number of nitrogens with zero attached hydrogens (tertiary/aromatic N) is 6. The number of hydrogen-bond acceptors (Lipinski definition) is 7. The maximum Gasteiger partial charge on any atom is 0.271 e. The van der Waals surface area contributed by atoms with Crippen LogP contribution < -0.4 is 10.2 Å². The number of nitriles is 1. The lowest BCUT2D eigenvalue weighted by Crippen LogP contribution is -2.45. The summed E-state index contributed by atoms with van der Waals surface area (Å²) in [5.41, 5.74) is 0.644. The van der Waals surface area contributed by atoms with E-state index in [0.29, 0.717) is 30.3 Å². The van der Waals surface area contributed by atoms with Crippen LogP contribution in [0.15, 0.2) is 31.0 Å². The maximum atomic E-state index is 12.1. The first-order valence-electron chi connectivity index (χ1n) is 7.31. The lowest BCUT2D eigenvalue weighted by Gasteiger charge is -2.33. The summed E-state index contributed by atoms with van der Waals surface area (Å²) >= 11 is 0. The molecule has 0 spiro atoms. The molecular weight excluding hydrogens is 294 g/mol. The molecule has 1 saturated heterocycles. The molecule has 2 aromatic rings. The van der Waals surface area contributed by atoms with Crippen molar-refractivity contribution >= 4 is 11.7 Å². The topological polar surface area (TPSA) is 108 Å². The maximum absolute atomic E-state index is 12.1. The van der Waals surface area contributed by atoms with Gasteiger partial charge in [-0.1, -0.05) is 0 Å². The van der Waals surface area contributed by atoms with Gasteiger partial charge in [-0.05, 0) is 12.8 Å². The van der Waals surface area contributed by atoms with E-state index in [2.05, 4.69) is 31.3 Å². The molecule has 116 valence electrons. The van der Waals surface area contributed by atoms with Crippen LogP contribution in [0.1, 0.15) is 29.0 Å². The van der Waals surface area contributed by atoms with Gasteiger partial charge in [0, 0.05) is 43.9 Å². The lowest BCUT2D eigenvalue weighted by atomic mass is 10.0. The number of nitrogens with one attached hydrogen (secondary N) is 1. The number of hydrogen-bond donors (Lipinski definition) is 1. The van der Waals surface area contributed by atoms with Crippen LogP contribution in [-0.2, 0) is 0 Å². The van der Waals surface area contributed by atoms with Crippen LogP contribution >= 0.6 is 0 Å². The number of rotatable bonds is 3. The third kappa shape index (κ3) is 3.40. The highest BCUT2D eigenvalue weighted by Crippen LogP contribution is 2.20. The summed E-state index contributed by atoms with van der Waals surface area (Å²) in [6, 6.07) is 2.13. The van der Waals surface area contributed by atoms with Crippen LogP contribution in [-0.4, -0.2) is 45.0 Å². The van der Waals surface area contributed by atoms with Crippen molar-refractivity contribution in [3.05, 3.63) is 42.4 Å². The Morgan fingerprint density at radius 2 is 1.91 bits per heavy atom. The van der Waals surface area contributed by atoms with Gasteiger partial charge in [-0.2, -0.15) is 5.26 Å². The molecule has 0 radical (unpaired) electrons. The van der Waals surface area contributed by atoms with Crippen molar-refractivity contribution in [3.63, 3.8) is 0 Å². The molecule has 23 heavy (non-hydrogen) atoms. The van der Waals surface area contributed by atoms with E-state index in [1.807, 2.05) is 4.90 Å². The third-order valence-corrected chi connectivity index (χ3v) is 3.71. The Balaban J connectivity index is 1.59. The predicted octanol–water partition coefficient (Wildman–Crippen LogP) is 0.537. The molecule has 0 aliphatic carbocycles. The molecule has 8 nitrogen and oxygen atoms in total. The Labute approximate surface area is 133 Å². The SMILES string of the molecule is N#Cc1nccnc1N1CCC(NC(=O)c2cnccn2)CC1. The van der Waals surface area contributed by atoms with E-state index in [4.69, 9.17) is 5.26 Å². The second kappa shape index (κ2) is 6.79. The van der Waals surface area contributed by atoms with Crippen molar-refractivity contribution in [2.24, 2.45) is 0 Å². The van der Waals surface area contributed by atoms with Gasteiger partial charge in [-0.3, -0.25) is 9.78 Å². The van der Waals surface area contributed by atoms with Crippen LogP contribution in [0.5, 0.6) is 0 Å². The lowest BCUT2D eigenvalue weighted by molar-refractivity contribution is 0.0925. The number of piperidine rings is 1. The minimum atomic E-state index is -0.214. The van der Waals surface area contributed by atoms with Crippen molar-refractivity contribution in [2.75, 3.05) is 18.0 Å². The number of carbonyl (C=O) groups excluding carboxylic acids is 1. The fourth-order valence-corrected chi connectivity index (χ4v) is 2.55. The van der Waals surface area contributed by atoms with E-state index < -0.39 is 0 Å². The highest BCUT2D eigenvalue weighted by Gasteiger charge is 2.24. The van der Waals surface area contributed by atoms with Crippen molar-refractivity contribution in [1.82, 2.24) is 25.3 Å². The summed E-state index contributed by atoms with van der Waals surface area (Å²) in [6.45, 7) is 1.41. The average Bonchev–Trinajstić information content (AvgIpc) is 2.63. The van der Waals surface area contributed by atoms with Gasteiger partial charge in [0.05, 0.1) is 6.20 Å². The van der Waals surface area contributed by atoms with Crippen molar-refractivity contribution in [2.45, 2.75) is 18.9 Å². The van der Waals surface area contributed by atoms with Crippen LogP contribution in [0.25, 0.3) is 0 Å². The molecule has 1 N–H and O–H groups in total. The molecule has 2 aromatic heterocycles. The van der Waals surface area contributed by atoms with Crippen molar-refractivity contribution < 1.29 is 4.79 Å². The van der Waals surface area contributed by atoms with E-state index >= 15 is 0 Å². The zero-order chi connectivity index (χ0) is 16.1. The Bertz CT molecular complexity index is 720. The molecule has 0 atom stereocenters. The first-order chi connectivity index (χ1) is 11.3. The zero-order valence-electron chi connectivity index (χ0n) is 12.4. The van der Waals surface area contributed by atoms with Gasteiger partial charge in [0.2, 0.25) is 0 Å². The third-order valence-electron chi connectivity index (χ3n) is 3.71. The van der Waals surface area contributed by atoms with Gasteiger partial charge in [-0.25, -0.2) is 15.0 Å². The minimum absolute atomic E-state index is 0.0722. The largest absolute Gasteiger partial charge is 0.354 e. The van der Waals surface area contributed by atoms with Gasteiger partial charge in [0.1, 0.15) is 11.8 Å². The molecule has 0 unspecified atom stereocenters. The number of anilines is 1. The van der Waals surface area contributed by atoms with Crippen molar-refractivity contribution in [1.29, 1.82) is 5.26 Å². The van der Waals surface area contributed by atoms with Crippen LogP contribution in [0, 0.1) is 11.3 Å². The Morgan fingerprint density at radius 1 is 1.17 bits per heavy atom. The smallest absolute Gasteiger partial charge is 0.271 e. The van der Waals surface area contributed by atoms with Crippen LogP contribution in [0.2, 0.25) is 0 Å². The Kier molecular flexibility index (Phi) is 4.38. The van der Waals surface area contributed by atoms with Gasteiger partial charge >= 0.3 is 0 Å². The summed E-state index contributed by atoms with van der Waals surface area (Å²) in [5, 5.41) is 12.1. The van der Waals surface area contributed by atoms with Gasteiger partial charge in [-0.15, -0.1) is 0 Å². The average molecular weight is 309 g/mol. The first-order valence-corrected chi connectivity index (χ1v) is 7.31. The molecule has 0 bridgehead atoms. The molecule has 1 fully saturated rings. The molecule has 3 rings (SSSR count). The van der Waals surface area contributed by atoms with E-state index in [-0.39, 0.29) is 11.9 Å². The first kappa shape index (κ1) is 14.8. The molecule has 0 aromatic carbocycles. The van der Waals surface area contributed by atoms with Gasteiger partial charge in [0.15, 0.2) is 11.5 Å². The van der Waals surface area contributed by atoms with E-state index in [0.717, 1.165) is 12.8 Å². The Hall–Kier alpha value is -3.08. The van der Waals surface area contributed by atoms with Crippen molar-refractivity contribution in [3.8, 4) is 6.07 Å². The number of amides is 1. The summed E-state index contributed by atoms with van der Waals surface area (Å²) in [7, 11) is 0. The van der Waals surface area contributed by atoms with E-state index in [1.165, 1.54) is 24.8 Å². The number of carbonyl (C=O) groups is 1. The Morgan fingerprint density at radius 3 is 2.61 bits per heavy atom. The van der Waals surface area contributed by atoms with Crippen LogP contribution in [0.4, 0.5) is 5.82 Å². The molecule has 0 saturated carbocycles. The quantitative estimate of drug-likeness (QED) is 0.881. The fourth-order valence-electron chi connectivity index (χ4n) is 2.55.